The zero-order valence-electron chi connectivity index (χ0n) is 10.5. The Morgan fingerprint density at radius 1 is 1.56 bits per heavy atom. The van der Waals surface area contributed by atoms with E-state index >= 15 is 0 Å². The minimum absolute atomic E-state index is 0.0520. The van der Waals surface area contributed by atoms with Gasteiger partial charge in [0.2, 0.25) is 5.91 Å². The predicted octanol–water partition coefficient (Wildman–Crippen LogP) is 0.954. The fourth-order valence-corrected chi connectivity index (χ4v) is 2.16. The van der Waals surface area contributed by atoms with Crippen molar-refractivity contribution in [3.63, 3.8) is 0 Å². The number of nitrogens with zero attached hydrogens (tertiary/aromatic N) is 1. The summed E-state index contributed by atoms with van der Waals surface area (Å²) in [6, 6.07) is 0.451. The van der Waals surface area contributed by atoms with Gasteiger partial charge in [-0.2, -0.15) is 0 Å². The monoisotopic (exact) mass is 226 g/mol. The molecule has 16 heavy (non-hydrogen) atoms. The molecule has 1 rings (SSSR count). The van der Waals surface area contributed by atoms with E-state index in [4.69, 9.17) is 0 Å². The molecule has 0 radical (unpaired) electrons. The highest BCUT2D eigenvalue weighted by atomic mass is 16.2. The van der Waals surface area contributed by atoms with Crippen molar-refractivity contribution in [2.75, 3.05) is 13.1 Å². The molecule has 1 aliphatic rings. The second kappa shape index (κ2) is 5.99. The molecule has 1 atom stereocenters. The fourth-order valence-electron chi connectivity index (χ4n) is 2.16. The molecule has 1 unspecified atom stereocenters. The van der Waals surface area contributed by atoms with Crippen molar-refractivity contribution in [1.29, 1.82) is 0 Å². The molecule has 4 heteroatoms. The Morgan fingerprint density at radius 3 is 2.69 bits per heavy atom. The lowest BCUT2D eigenvalue weighted by atomic mass is 10.2. The number of carbonyl (C=O) groups is 2. The van der Waals surface area contributed by atoms with Gasteiger partial charge in [0, 0.05) is 24.9 Å². The molecule has 0 aliphatic heterocycles. The first-order valence-corrected chi connectivity index (χ1v) is 6.08. The van der Waals surface area contributed by atoms with Gasteiger partial charge >= 0.3 is 0 Å². The third-order valence-electron chi connectivity index (χ3n) is 2.94. The summed E-state index contributed by atoms with van der Waals surface area (Å²) in [4.78, 5) is 24.9. The second-order valence-corrected chi connectivity index (χ2v) is 4.72. The van der Waals surface area contributed by atoms with Gasteiger partial charge in [-0.05, 0) is 26.8 Å². The highest BCUT2D eigenvalue weighted by Crippen LogP contribution is 2.20. The molecule has 0 aromatic carbocycles. The topological polar surface area (TPSA) is 49.4 Å². The Morgan fingerprint density at radius 2 is 2.25 bits per heavy atom. The number of carbonyl (C=O) groups excluding carboxylic acids is 2. The molecule has 0 aromatic heterocycles. The maximum Gasteiger partial charge on any atom is 0.234 e. The van der Waals surface area contributed by atoms with Gasteiger partial charge in [0.15, 0.2) is 0 Å². The molecule has 0 saturated heterocycles. The van der Waals surface area contributed by atoms with Gasteiger partial charge in [-0.1, -0.05) is 6.92 Å². The third kappa shape index (κ3) is 3.93. The Hall–Kier alpha value is -0.900. The average molecular weight is 226 g/mol. The van der Waals surface area contributed by atoms with Crippen LogP contribution in [0.4, 0.5) is 0 Å². The summed E-state index contributed by atoms with van der Waals surface area (Å²) in [5, 5.41) is 2.88. The normalized spacial score (nSPS) is 20.8. The molecule has 0 aromatic rings. The van der Waals surface area contributed by atoms with Crippen molar-refractivity contribution in [1.82, 2.24) is 10.2 Å². The van der Waals surface area contributed by atoms with Gasteiger partial charge < -0.3 is 5.32 Å². The number of hydrogen-bond acceptors (Lipinski definition) is 3. The van der Waals surface area contributed by atoms with Crippen LogP contribution in [0.2, 0.25) is 0 Å². The van der Waals surface area contributed by atoms with Crippen LogP contribution in [0.5, 0.6) is 0 Å². The van der Waals surface area contributed by atoms with E-state index in [-0.39, 0.29) is 18.0 Å². The fraction of sp³-hybridized carbons (Fsp3) is 0.833. The maximum atomic E-state index is 11.6. The van der Waals surface area contributed by atoms with Crippen LogP contribution in [-0.2, 0) is 9.59 Å². The van der Waals surface area contributed by atoms with Crippen LogP contribution >= 0.6 is 0 Å². The number of nitrogens with one attached hydrogen (secondary N) is 1. The van der Waals surface area contributed by atoms with Crippen LogP contribution < -0.4 is 5.32 Å². The quantitative estimate of drug-likeness (QED) is 0.759. The summed E-state index contributed by atoms with van der Waals surface area (Å²) in [7, 11) is 0. The first-order chi connectivity index (χ1) is 7.52. The summed E-state index contributed by atoms with van der Waals surface area (Å²) in [6.45, 7) is 7.17. The van der Waals surface area contributed by atoms with Crippen molar-refractivity contribution >= 4 is 11.7 Å². The molecule has 0 heterocycles. The van der Waals surface area contributed by atoms with Crippen LogP contribution in [-0.4, -0.2) is 41.8 Å². The predicted molar refractivity (Wildman–Crippen MR) is 63.2 cm³/mol. The summed E-state index contributed by atoms with van der Waals surface area (Å²) in [5.41, 5.74) is 0. The average Bonchev–Trinajstić information content (AvgIpc) is 2.60. The standard InChI is InChI=1S/C12H22N2O2/c1-4-14(8-12(16)13-9(2)3)10-5-6-11(15)7-10/h9-10H,4-8H2,1-3H3,(H,13,16). The van der Waals surface area contributed by atoms with Crippen molar-refractivity contribution < 1.29 is 9.59 Å². The molecule has 1 aliphatic carbocycles. The van der Waals surface area contributed by atoms with Crippen LogP contribution in [0.15, 0.2) is 0 Å². The first-order valence-electron chi connectivity index (χ1n) is 6.08. The molecule has 4 nitrogen and oxygen atoms in total. The molecule has 1 saturated carbocycles. The van der Waals surface area contributed by atoms with E-state index in [9.17, 15) is 9.59 Å². The van der Waals surface area contributed by atoms with Gasteiger partial charge in [0.25, 0.3) is 0 Å². The van der Waals surface area contributed by atoms with Gasteiger partial charge in [-0.15, -0.1) is 0 Å². The molecule has 1 fully saturated rings. The number of amides is 1. The third-order valence-corrected chi connectivity index (χ3v) is 2.94. The van der Waals surface area contributed by atoms with Crippen LogP contribution in [0.3, 0.4) is 0 Å². The zero-order valence-corrected chi connectivity index (χ0v) is 10.5. The Balaban J connectivity index is 2.42. The van der Waals surface area contributed by atoms with Crippen molar-refractivity contribution in [2.24, 2.45) is 0 Å². The minimum Gasteiger partial charge on any atom is -0.353 e. The molecule has 0 bridgehead atoms. The van der Waals surface area contributed by atoms with E-state index in [2.05, 4.69) is 10.2 Å². The van der Waals surface area contributed by atoms with E-state index < -0.39 is 0 Å². The molecular formula is C12H22N2O2. The first kappa shape index (κ1) is 13.2. The van der Waals surface area contributed by atoms with E-state index in [0.29, 0.717) is 25.2 Å². The summed E-state index contributed by atoms with van der Waals surface area (Å²) < 4.78 is 0. The molecule has 1 amide bonds. The maximum absolute atomic E-state index is 11.6. The Bertz CT molecular complexity index is 264. The van der Waals surface area contributed by atoms with Gasteiger partial charge in [-0.25, -0.2) is 0 Å². The molecule has 1 N–H and O–H groups in total. The number of likely N-dealkylation sites (N-methyl/N-ethyl adjacent to an activating group) is 1. The molecular weight excluding hydrogens is 204 g/mol. The summed E-state index contributed by atoms with van der Waals surface area (Å²) in [5.74, 6) is 0.379. The largest absolute Gasteiger partial charge is 0.353 e. The lowest BCUT2D eigenvalue weighted by molar-refractivity contribution is -0.124. The highest BCUT2D eigenvalue weighted by molar-refractivity contribution is 5.82. The van der Waals surface area contributed by atoms with Crippen molar-refractivity contribution in [3.05, 3.63) is 0 Å². The van der Waals surface area contributed by atoms with E-state index in [0.717, 1.165) is 13.0 Å². The van der Waals surface area contributed by atoms with Crippen LogP contribution in [0.25, 0.3) is 0 Å². The number of hydrogen-bond donors (Lipinski definition) is 1. The number of rotatable bonds is 5. The van der Waals surface area contributed by atoms with Crippen molar-refractivity contribution in [3.8, 4) is 0 Å². The smallest absolute Gasteiger partial charge is 0.234 e. The summed E-state index contributed by atoms with van der Waals surface area (Å²) in [6.07, 6.45) is 2.19. The second-order valence-electron chi connectivity index (χ2n) is 4.72. The lowest BCUT2D eigenvalue weighted by Crippen LogP contribution is -2.43. The van der Waals surface area contributed by atoms with E-state index in [1.54, 1.807) is 0 Å². The number of ketones is 1. The number of Topliss-reactive ketones (excluding diaryl/α,β-unsaturated/α-hetero) is 1. The SMILES string of the molecule is CCN(CC(=O)NC(C)C)C1CCC(=O)C1. The lowest BCUT2D eigenvalue weighted by Gasteiger charge is -2.26. The highest BCUT2D eigenvalue weighted by Gasteiger charge is 2.27. The van der Waals surface area contributed by atoms with Gasteiger partial charge in [-0.3, -0.25) is 14.5 Å². The molecule has 92 valence electrons. The van der Waals surface area contributed by atoms with Gasteiger partial charge in [0.1, 0.15) is 5.78 Å². The Labute approximate surface area is 97.4 Å². The molecule has 0 spiro atoms. The van der Waals surface area contributed by atoms with E-state index in [1.165, 1.54) is 0 Å². The van der Waals surface area contributed by atoms with Crippen LogP contribution in [0.1, 0.15) is 40.0 Å². The minimum atomic E-state index is 0.0520. The Kier molecular flexibility index (Phi) is 4.93. The van der Waals surface area contributed by atoms with E-state index in [1.807, 2.05) is 20.8 Å². The zero-order chi connectivity index (χ0) is 12.1. The van der Waals surface area contributed by atoms with Crippen LogP contribution in [0, 0.1) is 0 Å². The van der Waals surface area contributed by atoms with Crippen molar-refractivity contribution in [2.45, 2.75) is 52.1 Å². The summed E-state index contributed by atoms with van der Waals surface area (Å²) >= 11 is 0. The van der Waals surface area contributed by atoms with Gasteiger partial charge in [0.05, 0.1) is 6.54 Å².